The van der Waals surface area contributed by atoms with Crippen LogP contribution in [0.15, 0.2) is 0 Å². The van der Waals surface area contributed by atoms with Gasteiger partial charge in [-0.3, -0.25) is 9.35 Å². The van der Waals surface area contributed by atoms with Gasteiger partial charge in [0.1, 0.15) is 0 Å². The molecule has 0 aromatic heterocycles. The highest BCUT2D eigenvalue weighted by Crippen LogP contribution is 2.24. The Labute approximate surface area is 136 Å². The maximum Gasteiger partial charge on any atom is 0.312 e. The molecule has 0 aliphatic carbocycles. The molecule has 132 valence electrons. The Kier molecular flexibility index (Phi) is 10.3. The van der Waals surface area contributed by atoms with Gasteiger partial charge in [-0.2, -0.15) is 20.2 Å². The molecule has 1 atom stereocenters. The second-order valence-corrected chi connectivity index (χ2v) is 8.09. The van der Waals surface area contributed by atoms with Gasteiger partial charge in [0.25, 0.3) is 10.1 Å². The fourth-order valence-corrected chi connectivity index (χ4v) is 3.20. The Morgan fingerprint density at radius 3 is 2.45 bits per heavy atom. The van der Waals surface area contributed by atoms with Gasteiger partial charge in [0.15, 0.2) is 0 Å². The first kappa shape index (κ1) is 21.6. The van der Waals surface area contributed by atoms with Gasteiger partial charge in [-0.25, -0.2) is 0 Å². The highest BCUT2D eigenvalue weighted by Gasteiger charge is 2.29. The summed E-state index contributed by atoms with van der Waals surface area (Å²) in [6.45, 7) is 3.99. The molecule has 0 rings (SSSR count). The summed E-state index contributed by atoms with van der Waals surface area (Å²) in [4.78, 5) is 12.0. The third-order valence-corrected chi connectivity index (χ3v) is 5.12. The molecule has 0 saturated heterocycles. The molecule has 0 fully saturated rings. The largest absolute Gasteiger partial charge is 0.465 e. The van der Waals surface area contributed by atoms with E-state index < -0.39 is 27.3 Å². The van der Waals surface area contributed by atoms with Gasteiger partial charge < -0.3 is 14.2 Å². The molecule has 0 saturated carbocycles. The van der Waals surface area contributed by atoms with Gasteiger partial charge >= 0.3 is 5.97 Å². The maximum absolute atomic E-state index is 12.0. The van der Waals surface area contributed by atoms with Crippen molar-refractivity contribution in [1.29, 1.82) is 0 Å². The van der Waals surface area contributed by atoms with Crippen LogP contribution in [0.5, 0.6) is 0 Å². The lowest BCUT2D eigenvalue weighted by molar-refractivity contribution is -0.152. The molecule has 9 heteroatoms. The average molecular weight is 358 g/mol. The molecule has 0 aliphatic heterocycles. The van der Waals surface area contributed by atoms with Gasteiger partial charge in [-0.05, 0) is 20.3 Å². The first-order chi connectivity index (χ1) is 10.1. The number of thioether (sulfide) groups is 1. The van der Waals surface area contributed by atoms with E-state index in [0.29, 0.717) is 18.1 Å². The van der Waals surface area contributed by atoms with Crippen LogP contribution in [0.25, 0.3) is 0 Å². The number of methoxy groups -OCH3 is 2. The van der Waals surface area contributed by atoms with Crippen LogP contribution in [0.1, 0.15) is 20.3 Å². The lowest BCUT2D eigenvalue weighted by Crippen LogP contribution is -2.31. The number of hydrogen-bond donors (Lipinski definition) is 1. The van der Waals surface area contributed by atoms with Crippen LogP contribution < -0.4 is 0 Å². The second-order valence-electron chi connectivity index (χ2n) is 5.49. The van der Waals surface area contributed by atoms with Gasteiger partial charge in [0, 0.05) is 25.7 Å². The lowest BCUT2D eigenvalue weighted by Gasteiger charge is -2.23. The van der Waals surface area contributed by atoms with Gasteiger partial charge in [0.05, 0.1) is 30.5 Å². The molecular weight excluding hydrogens is 332 g/mol. The molecule has 0 spiro atoms. The highest BCUT2D eigenvalue weighted by atomic mass is 32.2. The Balaban J connectivity index is 4.06. The standard InChI is InChI=1S/C13H26O7S2/c1-13(2,10-21-9-11(19-4)8-18-3)12(14)20-6-5-7-22(15,16)17/h11H,5-10H2,1-4H3,(H,15,16,17). The van der Waals surface area contributed by atoms with Gasteiger partial charge in [0.2, 0.25) is 0 Å². The lowest BCUT2D eigenvalue weighted by atomic mass is 9.97. The van der Waals surface area contributed by atoms with Crippen molar-refractivity contribution < 1.29 is 32.0 Å². The minimum absolute atomic E-state index is 0.0307. The Bertz CT molecular complexity index is 420. The van der Waals surface area contributed by atoms with Crippen molar-refractivity contribution >= 4 is 27.8 Å². The van der Waals surface area contributed by atoms with Crippen molar-refractivity contribution in [3.63, 3.8) is 0 Å². The van der Waals surface area contributed by atoms with E-state index in [9.17, 15) is 13.2 Å². The fourth-order valence-electron chi connectivity index (χ4n) is 1.48. The van der Waals surface area contributed by atoms with Crippen molar-refractivity contribution in [3.8, 4) is 0 Å². The van der Waals surface area contributed by atoms with Crippen molar-refractivity contribution in [2.45, 2.75) is 26.4 Å². The number of esters is 1. The molecule has 0 aromatic rings. The first-order valence-corrected chi connectivity index (χ1v) is 9.60. The zero-order chi connectivity index (χ0) is 17.2. The molecule has 1 N–H and O–H groups in total. The molecule has 0 amide bonds. The van der Waals surface area contributed by atoms with E-state index in [1.54, 1.807) is 39.8 Å². The predicted molar refractivity (Wildman–Crippen MR) is 85.8 cm³/mol. The smallest absolute Gasteiger partial charge is 0.312 e. The first-order valence-electron chi connectivity index (χ1n) is 6.84. The Morgan fingerprint density at radius 2 is 1.95 bits per heavy atom. The third-order valence-electron chi connectivity index (χ3n) is 2.78. The zero-order valence-electron chi connectivity index (χ0n) is 13.5. The fraction of sp³-hybridized carbons (Fsp3) is 0.923. The number of carbonyl (C=O) groups is 1. The summed E-state index contributed by atoms with van der Waals surface area (Å²) in [6.07, 6.45) is 0.0458. The summed E-state index contributed by atoms with van der Waals surface area (Å²) >= 11 is 1.56. The van der Waals surface area contributed by atoms with Gasteiger partial charge in [-0.1, -0.05) is 0 Å². The quantitative estimate of drug-likeness (QED) is 0.316. The van der Waals surface area contributed by atoms with Crippen LogP contribution in [0.3, 0.4) is 0 Å². The summed E-state index contributed by atoms with van der Waals surface area (Å²) in [5, 5.41) is 0. The number of rotatable bonds is 12. The van der Waals surface area contributed by atoms with Gasteiger partial charge in [-0.15, -0.1) is 0 Å². The molecule has 7 nitrogen and oxygen atoms in total. The Hall–Kier alpha value is -0.350. The zero-order valence-corrected chi connectivity index (χ0v) is 15.2. The topological polar surface area (TPSA) is 99.1 Å². The monoisotopic (exact) mass is 358 g/mol. The molecular formula is C13H26O7S2. The molecule has 0 aromatic carbocycles. The van der Waals surface area contributed by atoms with E-state index in [1.807, 2.05) is 0 Å². The van der Waals surface area contributed by atoms with E-state index in [1.165, 1.54) is 0 Å². The Morgan fingerprint density at radius 1 is 1.32 bits per heavy atom. The van der Waals surface area contributed by atoms with E-state index >= 15 is 0 Å². The second kappa shape index (κ2) is 10.4. The predicted octanol–water partition coefficient (Wildman–Crippen LogP) is 1.23. The minimum Gasteiger partial charge on any atom is -0.465 e. The van der Waals surface area contributed by atoms with Crippen molar-refractivity contribution in [2.24, 2.45) is 5.41 Å². The molecule has 1 unspecified atom stereocenters. The number of hydrogen-bond acceptors (Lipinski definition) is 7. The summed E-state index contributed by atoms with van der Waals surface area (Å²) in [7, 11) is -0.799. The van der Waals surface area contributed by atoms with Crippen LogP contribution in [-0.2, 0) is 29.1 Å². The normalized spacial score (nSPS) is 13.9. The summed E-state index contributed by atoms with van der Waals surface area (Å²) in [5.41, 5.74) is -0.686. The van der Waals surface area contributed by atoms with Crippen LogP contribution >= 0.6 is 11.8 Å². The van der Waals surface area contributed by atoms with Crippen LogP contribution in [0.4, 0.5) is 0 Å². The average Bonchev–Trinajstić information content (AvgIpc) is 2.41. The van der Waals surface area contributed by atoms with Crippen molar-refractivity contribution in [1.82, 2.24) is 0 Å². The van der Waals surface area contributed by atoms with E-state index in [0.717, 1.165) is 0 Å². The van der Waals surface area contributed by atoms with Crippen LogP contribution in [-0.4, -0.2) is 69.7 Å². The van der Waals surface area contributed by atoms with E-state index in [2.05, 4.69) is 0 Å². The van der Waals surface area contributed by atoms with Crippen molar-refractivity contribution in [2.75, 3.05) is 44.7 Å². The maximum atomic E-state index is 12.0. The number of ether oxygens (including phenoxy) is 3. The molecule has 22 heavy (non-hydrogen) atoms. The molecule has 0 aliphatic rings. The highest BCUT2D eigenvalue weighted by molar-refractivity contribution is 7.99. The number of carbonyl (C=O) groups excluding carboxylic acids is 1. The summed E-state index contributed by atoms with van der Waals surface area (Å²) in [6, 6.07) is 0. The van der Waals surface area contributed by atoms with E-state index in [4.69, 9.17) is 18.8 Å². The molecule has 0 bridgehead atoms. The van der Waals surface area contributed by atoms with Crippen LogP contribution in [0.2, 0.25) is 0 Å². The summed E-state index contributed by atoms with van der Waals surface area (Å²) < 4.78 is 45.0. The van der Waals surface area contributed by atoms with Crippen molar-refractivity contribution in [3.05, 3.63) is 0 Å². The summed E-state index contributed by atoms with van der Waals surface area (Å²) in [5.74, 6) is 0.440. The minimum atomic E-state index is -4.01. The molecule has 0 radical (unpaired) electrons. The van der Waals surface area contributed by atoms with E-state index in [-0.39, 0.29) is 19.1 Å². The van der Waals surface area contributed by atoms with Crippen LogP contribution in [0, 0.1) is 5.41 Å². The molecule has 0 heterocycles. The SMILES string of the molecule is COCC(CSCC(C)(C)C(=O)OCCCS(=O)(=O)O)OC. The third kappa shape index (κ3) is 10.4.